The molecule has 0 unspecified atom stereocenters. The minimum Gasteiger partial charge on any atom is -0.497 e. The van der Waals surface area contributed by atoms with Crippen LogP contribution in [0.4, 0.5) is 0 Å². The van der Waals surface area contributed by atoms with Gasteiger partial charge >= 0.3 is 0 Å². The summed E-state index contributed by atoms with van der Waals surface area (Å²) in [5, 5.41) is 12.0. The molecule has 4 nitrogen and oxygen atoms in total. The van der Waals surface area contributed by atoms with Gasteiger partial charge in [0.2, 0.25) is 5.91 Å². The molecule has 1 amide bonds. The number of rotatable bonds is 6. The van der Waals surface area contributed by atoms with E-state index in [1.807, 2.05) is 24.3 Å². The second-order valence-electron chi connectivity index (χ2n) is 4.96. The number of aliphatic hydroxyl groups excluding tert-OH is 1. The van der Waals surface area contributed by atoms with Gasteiger partial charge in [-0.3, -0.25) is 4.79 Å². The Morgan fingerprint density at radius 3 is 2.89 bits per heavy atom. The molecule has 1 aromatic carbocycles. The van der Waals surface area contributed by atoms with Crippen LogP contribution < -0.4 is 10.1 Å². The lowest BCUT2D eigenvalue weighted by molar-refractivity contribution is -0.120. The average molecular weight is 249 g/mol. The summed E-state index contributed by atoms with van der Waals surface area (Å²) in [6, 6.07) is 7.49. The summed E-state index contributed by atoms with van der Waals surface area (Å²) in [5.74, 6) is 0.747. The number of hydrogen-bond acceptors (Lipinski definition) is 3. The Balaban J connectivity index is 1.83. The van der Waals surface area contributed by atoms with E-state index < -0.39 is 0 Å². The summed E-state index contributed by atoms with van der Waals surface area (Å²) in [5.41, 5.74) is 0.894. The van der Waals surface area contributed by atoms with Gasteiger partial charge in [-0.25, -0.2) is 0 Å². The van der Waals surface area contributed by atoms with Crippen molar-refractivity contribution in [1.82, 2.24) is 5.32 Å². The molecule has 18 heavy (non-hydrogen) atoms. The molecule has 0 saturated heterocycles. The van der Waals surface area contributed by atoms with Crippen molar-refractivity contribution < 1.29 is 14.6 Å². The number of carbonyl (C=O) groups excluding carboxylic acids is 1. The van der Waals surface area contributed by atoms with Gasteiger partial charge < -0.3 is 15.2 Å². The van der Waals surface area contributed by atoms with Crippen molar-refractivity contribution in [2.45, 2.75) is 19.3 Å². The van der Waals surface area contributed by atoms with Crippen molar-refractivity contribution in [3.05, 3.63) is 29.8 Å². The number of methoxy groups -OCH3 is 1. The lowest BCUT2D eigenvalue weighted by Gasteiger charge is -2.12. The number of amides is 1. The monoisotopic (exact) mass is 249 g/mol. The molecule has 1 aromatic rings. The van der Waals surface area contributed by atoms with E-state index in [9.17, 15) is 4.79 Å². The van der Waals surface area contributed by atoms with Crippen LogP contribution in [0.2, 0.25) is 0 Å². The maximum absolute atomic E-state index is 11.8. The maximum Gasteiger partial charge on any atom is 0.224 e. The van der Waals surface area contributed by atoms with Crippen LogP contribution in [0.5, 0.6) is 5.75 Å². The molecular formula is C14H19NO3. The fourth-order valence-corrected chi connectivity index (χ4v) is 1.88. The van der Waals surface area contributed by atoms with Crippen LogP contribution in [0.1, 0.15) is 18.4 Å². The van der Waals surface area contributed by atoms with Gasteiger partial charge in [0.05, 0.1) is 20.1 Å². The third kappa shape index (κ3) is 3.23. The Labute approximate surface area is 107 Å². The summed E-state index contributed by atoms with van der Waals surface area (Å²) in [7, 11) is 1.61. The fourth-order valence-electron chi connectivity index (χ4n) is 1.88. The minimum absolute atomic E-state index is 0.0111. The number of benzene rings is 1. The summed E-state index contributed by atoms with van der Waals surface area (Å²) in [6.07, 6.45) is 2.35. The van der Waals surface area contributed by atoms with Crippen molar-refractivity contribution in [2.75, 3.05) is 20.3 Å². The van der Waals surface area contributed by atoms with Crippen LogP contribution in [0.15, 0.2) is 24.3 Å². The van der Waals surface area contributed by atoms with Crippen LogP contribution >= 0.6 is 0 Å². The molecule has 1 saturated carbocycles. The number of ether oxygens (including phenoxy) is 1. The van der Waals surface area contributed by atoms with Crippen molar-refractivity contribution in [3.8, 4) is 5.75 Å². The molecule has 2 N–H and O–H groups in total. The highest BCUT2D eigenvalue weighted by Crippen LogP contribution is 2.44. The normalized spacial score (nSPS) is 16.1. The third-order valence-electron chi connectivity index (χ3n) is 3.45. The Morgan fingerprint density at radius 1 is 1.50 bits per heavy atom. The number of carbonyl (C=O) groups is 1. The Bertz CT molecular complexity index is 427. The topological polar surface area (TPSA) is 58.6 Å². The Morgan fingerprint density at radius 2 is 2.28 bits per heavy atom. The fraction of sp³-hybridized carbons (Fsp3) is 0.500. The van der Waals surface area contributed by atoms with Gasteiger partial charge in [-0.1, -0.05) is 12.1 Å². The average Bonchev–Trinajstić information content (AvgIpc) is 3.17. The van der Waals surface area contributed by atoms with Crippen LogP contribution in [0, 0.1) is 5.41 Å². The maximum atomic E-state index is 11.8. The second-order valence-corrected chi connectivity index (χ2v) is 4.96. The van der Waals surface area contributed by atoms with E-state index in [0.717, 1.165) is 24.2 Å². The van der Waals surface area contributed by atoms with E-state index in [1.54, 1.807) is 7.11 Å². The molecule has 98 valence electrons. The van der Waals surface area contributed by atoms with Gasteiger partial charge in [-0.2, -0.15) is 0 Å². The first-order chi connectivity index (χ1) is 8.67. The SMILES string of the molecule is COc1cccc(CC(=O)NCC2(CO)CC2)c1. The molecule has 0 radical (unpaired) electrons. The Kier molecular flexibility index (Phi) is 3.87. The molecule has 1 aliphatic rings. The molecule has 1 aliphatic carbocycles. The van der Waals surface area contributed by atoms with E-state index in [4.69, 9.17) is 9.84 Å². The number of nitrogens with one attached hydrogen (secondary N) is 1. The summed E-state index contributed by atoms with van der Waals surface area (Å²) < 4.78 is 5.11. The first-order valence-corrected chi connectivity index (χ1v) is 6.18. The second kappa shape index (κ2) is 5.40. The molecule has 2 rings (SSSR count). The van der Waals surface area contributed by atoms with E-state index in [1.165, 1.54) is 0 Å². The molecule has 0 spiro atoms. The lowest BCUT2D eigenvalue weighted by Crippen LogP contribution is -2.32. The molecule has 4 heteroatoms. The summed E-state index contributed by atoms with van der Waals surface area (Å²) in [6.45, 7) is 0.735. The van der Waals surface area contributed by atoms with Crippen LogP contribution in [-0.4, -0.2) is 31.3 Å². The minimum atomic E-state index is -0.0377. The van der Waals surface area contributed by atoms with Crippen molar-refractivity contribution in [3.63, 3.8) is 0 Å². The lowest BCUT2D eigenvalue weighted by atomic mass is 10.1. The van der Waals surface area contributed by atoms with Crippen molar-refractivity contribution in [2.24, 2.45) is 5.41 Å². The van der Waals surface area contributed by atoms with Gasteiger partial charge in [0.25, 0.3) is 0 Å². The highest BCUT2D eigenvalue weighted by molar-refractivity contribution is 5.78. The highest BCUT2D eigenvalue weighted by atomic mass is 16.5. The van der Waals surface area contributed by atoms with Crippen LogP contribution in [-0.2, 0) is 11.2 Å². The Hall–Kier alpha value is -1.55. The van der Waals surface area contributed by atoms with E-state index in [-0.39, 0.29) is 17.9 Å². The first kappa shape index (κ1) is 12.9. The largest absolute Gasteiger partial charge is 0.497 e. The standard InChI is InChI=1S/C14H19NO3/c1-18-12-4-2-3-11(7-12)8-13(17)15-9-14(10-16)5-6-14/h2-4,7,16H,5-6,8-10H2,1H3,(H,15,17). The molecule has 0 heterocycles. The predicted octanol–water partition coefficient (Wildman–Crippen LogP) is 1.13. The quantitative estimate of drug-likeness (QED) is 0.794. The molecule has 0 aromatic heterocycles. The van der Waals surface area contributed by atoms with Gasteiger partial charge in [-0.15, -0.1) is 0 Å². The van der Waals surface area contributed by atoms with Crippen LogP contribution in [0.25, 0.3) is 0 Å². The first-order valence-electron chi connectivity index (χ1n) is 6.18. The number of hydrogen-bond donors (Lipinski definition) is 2. The van der Waals surface area contributed by atoms with E-state index in [0.29, 0.717) is 13.0 Å². The van der Waals surface area contributed by atoms with Gasteiger partial charge in [0.1, 0.15) is 5.75 Å². The van der Waals surface area contributed by atoms with Gasteiger partial charge in [0, 0.05) is 12.0 Å². The van der Waals surface area contributed by atoms with Gasteiger partial charge in [-0.05, 0) is 30.5 Å². The number of aliphatic hydroxyl groups is 1. The molecule has 0 bridgehead atoms. The molecule has 0 aliphatic heterocycles. The molecule has 0 atom stereocenters. The van der Waals surface area contributed by atoms with E-state index in [2.05, 4.69) is 5.32 Å². The smallest absolute Gasteiger partial charge is 0.224 e. The predicted molar refractivity (Wildman–Crippen MR) is 68.5 cm³/mol. The molecular weight excluding hydrogens is 230 g/mol. The zero-order valence-electron chi connectivity index (χ0n) is 10.6. The van der Waals surface area contributed by atoms with Crippen LogP contribution in [0.3, 0.4) is 0 Å². The van der Waals surface area contributed by atoms with Crippen molar-refractivity contribution >= 4 is 5.91 Å². The molecule has 1 fully saturated rings. The summed E-state index contributed by atoms with van der Waals surface area (Å²) in [4.78, 5) is 11.8. The highest BCUT2D eigenvalue weighted by Gasteiger charge is 2.41. The third-order valence-corrected chi connectivity index (χ3v) is 3.45. The zero-order valence-corrected chi connectivity index (χ0v) is 10.6. The van der Waals surface area contributed by atoms with Crippen molar-refractivity contribution in [1.29, 1.82) is 0 Å². The zero-order chi connectivity index (χ0) is 13.0. The van der Waals surface area contributed by atoms with Gasteiger partial charge in [0.15, 0.2) is 0 Å². The van der Waals surface area contributed by atoms with E-state index >= 15 is 0 Å². The summed E-state index contributed by atoms with van der Waals surface area (Å²) >= 11 is 0.